The number of anilines is 2. The summed E-state index contributed by atoms with van der Waals surface area (Å²) in [6.45, 7) is 2.60. The van der Waals surface area contributed by atoms with E-state index >= 15 is 0 Å². The number of rotatable bonds is 2. The van der Waals surface area contributed by atoms with Crippen LogP contribution in [-0.2, 0) is 6.54 Å². The van der Waals surface area contributed by atoms with Gasteiger partial charge in [0, 0.05) is 16.5 Å². The van der Waals surface area contributed by atoms with Gasteiger partial charge in [-0.1, -0.05) is 29.8 Å². The summed E-state index contributed by atoms with van der Waals surface area (Å²) in [5, 5.41) is 7.86. The maximum Gasteiger partial charge on any atom is 0.127 e. The van der Waals surface area contributed by atoms with Gasteiger partial charge in [0.2, 0.25) is 0 Å². The van der Waals surface area contributed by atoms with Crippen molar-refractivity contribution >= 4 is 44.7 Å². The lowest BCUT2D eigenvalue weighted by Gasteiger charge is -2.50. The van der Waals surface area contributed by atoms with E-state index < -0.39 is 0 Å². The Kier molecular flexibility index (Phi) is 4.95. The molecule has 1 saturated heterocycles. The number of benzene rings is 2. The van der Waals surface area contributed by atoms with E-state index in [0.29, 0.717) is 6.54 Å². The van der Waals surface area contributed by atoms with Crippen molar-refractivity contribution in [2.45, 2.75) is 24.9 Å². The molecule has 4 nitrogen and oxygen atoms in total. The lowest BCUT2D eigenvalue weighted by atomic mass is 9.82. The van der Waals surface area contributed by atoms with Crippen LogP contribution in [0.25, 0.3) is 0 Å². The number of amidine groups is 1. The van der Waals surface area contributed by atoms with Crippen molar-refractivity contribution in [3.63, 3.8) is 0 Å². The predicted octanol–water partition coefficient (Wildman–Crippen LogP) is 4.69. The lowest BCUT2D eigenvalue weighted by molar-refractivity contribution is 0.378. The largest absolute Gasteiger partial charge is 0.359 e. The molecule has 0 bridgehead atoms. The van der Waals surface area contributed by atoms with Crippen LogP contribution in [0.15, 0.2) is 51.9 Å². The van der Waals surface area contributed by atoms with Gasteiger partial charge in [-0.2, -0.15) is 0 Å². The van der Waals surface area contributed by atoms with Crippen molar-refractivity contribution in [3.8, 4) is 0 Å². The fourth-order valence-electron chi connectivity index (χ4n) is 3.98. The monoisotopic (exact) mass is 432 g/mol. The molecule has 0 atom stereocenters. The summed E-state index contributed by atoms with van der Waals surface area (Å²) in [6.07, 6.45) is 2.04. The molecule has 0 radical (unpaired) electrons. The standard InChI is InChI=1S/C20H22BrClN4/c1-26-18-16(21)6-3-7-17(18)25-19(20(26)8-10-23-11-9-20)24-13-14-4-2-5-15(22)12-14/h2-7,12,23H,8-11,13H2,1H3,(H,24,25). The van der Waals surface area contributed by atoms with Gasteiger partial charge in [0.15, 0.2) is 0 Å². The third-order valence-corrected chi connectivity index (χ3v) is 6.27. The Morgan fingerprint density at radius 2 is 1.96 bits per heavy atom. The molecule has 1 fully saturated rings. The quantitative estimate of drug-likeness (QED) is 0.722. The molecule has 0 aliphatic carbocycles. The highest BCUT2D eigenvalue weighted by atomic mass is 79.9. The molecule has 6 heteroatoms. The molecule has 0 unspecified atom stereocenters. The number of fused-ring (bicyclic) bond motifs is 1. The Bertz CT molecular complexity index is 845. The molecule has 136 valence electrons. The van der Waals surface area contributed by atoms with E-state index in [0.717, 1.165) is 52.5 Å². The van der Waals surface area contributed by atoms with Crippen LogP contribution in [0.1, 0.15) is 18.4 Å². The summed E-state index contributed by atoms with van der Waals surface area (Å²) in [4.78, 5) is 7.42. The number of aliphatic imine (C=N–C) groups is 1. The number of piperidine rings is 1. The van der Waals surface area contributed by atoms with Gasteiger partial charge in [-0.05, 0) is 71.7 Å². The van der Waals surface area contributed by atoms with Gasteiger partial charge < -0.3 is 15.5 Å². The molecule has 2 heterocycles. The van der Waals surface area contributed by atoms with Crippen LogP contribution < -0.4 is 15.5 Å². The van der Waals surface area contributed by atoms with Crippen LogP contribution in [0.3, 0.4) is 0 Å². The summed E-state index contributed by atoms with van der Waals surface area (Å²) in [6, 6.07) is 14.2. The number of likely N-dealkylation sites (N-methyl/N-ethyl adjacent to an activating group) is 1. The third-order valence-electron chi connectivity index (χ3n) is 5.40. The maximum absolute atomic E-state index is 6.13. The summed E-state index contributed by atoms with van der Waals surface area (Å²) in [7, 11) is 2.19. The van der Waals surface area contributed by atoms with Crippen molar-refractivity contribution in [2.24, 2.45) is 4.99 Å². The average Bonchev–Trinajstić information content (AvgIpc) is 2.64. The van der Waals surface area contributed by atoms with Gasteiger partial charge in [-0.25, -0.2) is 0 Å². The topological polar surface area (TPSA) is 39.7 Å². The number of halogens is 2. The molecule has 4 rings (SSSR count). The molecule has 2 aliphatic rings. The Balaban J connectivity index is 1.75. The van der Waals surface area contributed by atoms with Crippen LogP contribution in [0, 0.1) is 0 Å². The Labute approximate surface area is 167 Å². The van der Waals surface area contributed by atoms with E-state index in [-0.39, 0.29) is 5.54 Å². The maximum atomic E-state index is 6.13. The Morgan fingerprint density at radius 1 is 1.19 bits per heavy atom. The third kappa shape index (κ3) is 3.13. The Morgan fingerprint density at radius 3 is 2.73 bits per heavy atom. The van der Waals surface area contributed by atoms with Crippen LogP contribution in [-0.4, -0.2) is 31.5 Å². The van der Waals surface area contributed by atoms with Crippen molar-refractivity contribution in [1.29, 1.82) is 0 Å². The molecule has 0 aromatic heterocycles. The highest BCUT2D eigenvalue weighted by Gasteiger charge is 2.45. The van der Waals surface area contributed by atoms with Crippen LogP contribution in [0.2, 0.25) is 5.02 Å². The fourth-order valence-corrected chi connectivity index (χ4v) is 4.82. The molecule has 2 aromatic carbocycles. The van der Waals surface area contributed by atoms with Gasteiger partial charge in [-0.15, -0.1) is 0 Å². The van der Waals surface area contributed by atoms with Gasteiger partial charge in [0.25, 0.3) is 0 Å². The van der Waals surface area contributed by atoms with E-state index in [1.807, 2.05) is 18.2 Å². The van der Waals surface area contributed by atoms with Crippen molar-refractivity contribution < 1.29 is 0 Å². The Hall–Kier alpha value is -1.56. The zero-order valence-corrected chi connectivity index (χ0v) is 17.1. The molecule has 0 saturated carbocycles. The zero-order chi connectivity index (χ0) is 18.1. The molecular formula is C20H22BrClN4. The van der Waals surface area contributed by atoms with Gasteiger partial charge in [-0.3, -0.25) is 4.99 Å². The fraction of sp³-hybridized carbons (Fsp3) is 0.350. The second-order valence-electron chi connectivity index (χ2n) is 6.90. The molecule has 0 amide bonds. The molecule has 2 aromatic rings. The first-order chi connectivity index (χ1) is 12.6. The first kappa shape index (κ1) is 17.8. The molecular weight excluding hydrogens is 412 g/mol. The summed E-state index contributed by atoms with van der Waals surface area (Å²) in [5.74, 6) is 1.05. The van der Waals surface area contributed by atoms with Crippen LogP contribution in [0.5, 0.6) is 0 Å². The second-order valence-corrected chi connectivity index (χ2v) is 8.19. The van der Waals surface area contributed by atoms with Crippen molar-refractivity contribution in [3.05, 3.63) is 57.5 Å². The van der Waals surface area contributed by atoms with Crippen LogP contribution in [0.4, 0.5) is 11.4 Å². The van der Waals surface area contributed by atoms with E-state index in [1.54, 1.807) is 0 Å². The minimum Gasteiger partial charge on any atom is -0.359 e. The van der Waals surface area contributed by atoms with Crippen LogP contribution >= 0.6 is 27.5 Å². The summed E-state index contributed by atoms with van der Waals surface area (Å²) < 4.78 is 1.11. The van der Waals surface area contributed by atoms with E-state index in [1.165, 1.54) is 5.69 Å². The van der Waals surface area contributed by atoms with E-state index in [9.17, 15) is 0 Å². The number of hydrogen-bond donors (Lipinski definition) is 2. The number of hydrogen-bond acceptors (Lipinski definition) is 3. The van der Waals surface area contributed by atoms with Gasteiger partial charge in [0.1, 0.15) is 5.84 Å². The molecule has 26 heavy (non-hydrogen) atoms. The van der Waals surface area contributed by atoms with Gasteiger partial charge in [0.05, 0.1) is 23.5 Å². The first-order valence-electron chi connectivity index (χ1n) is 8.90. The van der Waals surface area contributed by atoms with Crippen molar-refractivity contribution in [1.82, 2.24) is 5.32 Å². The number of nitrogens with zero attached hydrogens (tertiary/aromatic N) is 2. The van der Waals surface area contributed by atoms with E-state index in [2.05, 4.69) is 62.8 Å². The average molecular weight is 434 g/mol. The minimum absolute atomic E-state index is 0.110. The van der Waals surface area contributed by atoms with Crippen molar-refractivity contribution in [2.75, 3.05) is 30.4 Å². The first-order valence-corrected chi connectivity index (χ1v) is 10.1. The zero-order valence-electron chi connectivity index (χ0n) is 14.7. The summed E-state index contributed by atoms with van der Waals surface area (Å²) in [5.41, 5.74) is 3.31. The highest BCUT2D eigenvalue weighted by molar-refractivity contribution is 9.10. The molecule has 2 N–H and O–H groups in total. The number of para-hydroxylation sites is 1. The van der Waals surface area contributed by atoms with E-state index in [4.69, 9.17) is 16.6 Å². The highest BCUT2D eigenvalue weighted by Crippen LogP contribution is 2.44. The molecule has 2 aliphatic heterocycles. The van der Waals surface area contributed by atoms with Gasteiger partial charge >= 0.3 is 0 Å². The normalized spacial score (nSPS) is 20.1. The lowest BCUT2D eigenvalue weighted by Crippen LogP contribution is -2.62. The SMILES string of the molecule is CN1c2c(Br)cccc2NC(=NCc2cccc(Cl)c2)C12CCNCC2. The number of nitrogens with one attached hydrogen (secondary N) is 2. The smallest absolute Gasteiger partial charge is 0.127 e. The second kappa shape index (κ2) is 7.22. The summed E-state index contributed by atoms with van der Waals surface area (Å²) >= 11 is 9.85. The predicted molar refractivity (Wildman–Crippen MR) is 114 cm³/mol. The molecule has 1 spiro atoms. The minimum atomic E-state index is -0.110.